The molecule has 0 amide bonds. The highest BCUT2D eigenvalue weighted by Crippen LogP contribution is 2.35. The van der Waals surface area contributed by atoms with E-state index in [4.69, 9.17) is 17.3 Å². The van der Waals surface area contributed by atoms with E-state index in [9.17, 15) is 4.39 Å². The Morgan fingerprint density at radius 2 is 2.17 bits per heavy atom. The van der Waals surface area contributed by atoms with Crippen molar-refractivity contribution in [1.29, 1.82) is 0 Å². The predicted octanol–water partition coefficient (Wildman–Crippen LogP) is 3.35. The van der Waals surface area contributed by atoms with Crippen LogP contribution in [0.15, 0.2) is 18.2 Å². The van der Waals surface area contributed by atoms with Crippen molar-refractivity contribution in [3.05, 3.63) is 34.6 Å². The lowest BCUT2D eigenvalue weighted by atomic mass is 10.0. The second-order valence-corrected chi connectivity index (χ2v) is 5.36. The van der Waals surface area contributed by atoms with E-state index < -0.39 is 0 Å². The fourth-order valence-electron chi connectivity index (χ4n) is 2.49. The molecule has 2 N–H and O–H groups in total. The lowest BCUT2D eigenvalue weighted by Gasteiger charge is -2.31. The van der Waals surface area contributed by atoms with Gasteiger partial charge in [-0.25, -0.2) is 4.39 Å². The second kappa shape index (κ2) is 6.00. The topological polar surface area (TPSA) is 29.3 Å². The summed E-state index contributed by atoms with van der Waals surface area (Å²) in [6, 6.07) is 5.40. The van der Waals surface area contributed by atoms with Crippen LogP contribution in [0.25, 0.3) is 0 Å². The molecule has 1 aliphatic rings. The Hall–Kier alpha value is -0.640. The molecule has 0 radical (unpaired) electrons. The molecular weight excluding hydrogens is 251 g/mol. The minimum atomic E-state index is -0.289. The average molecular weight is 271 g/mol. The minimum Gasteiger partial charge on any atom is -0.329 e. The third kappa shape index (κ3) is 3.22. The molecule has 18 heavy (non-hydrogen) atoms. The van der Waals surface area contributed by atoms with E-state index in [-0.39, 0.29) is 11.9 Å². The van der Waals surface area contributed by atoms with Crippen LogP contribution in [-0.4, -0.2) is 24.0 Å². The highest BCUT2D eigenvalue weighted by atomic mass is 35.5. The molecule has 100 valence electrons. The lowest BCUT2D eigenvalue weighted by molar-refractivity contribution is 0.191. The molecule has 0 saturated heterocycles. The van der Waals surface area contributed by atoms with Crippen LogP contribution in [0, 0.1) is 5.82 Å². The highest BCUT2D eigenvalue weighted by molar-refractivity contribution is 6.30. The maximum absolute atomic E-state index is 13.4. The quantitative estimate of drug-likeness (QED) is 0.859. The largest absolute Gasteiger partial charge is 0.329 e. The lowest BCUT2D eigenvalue weighted by Crippen LogP contribution is -2.36. The van der Waals surface area contributed by atoms with Crippen molar-refractivity contribution in [2.45, 2.75) is 38.3 Å². The summed E-state index contributed by atoms with van der Waals surface area (Å²) in [6.07, 6.45) is 3.52. The van der Waals surface area contributed by atoms with Crippen LogP contribution in [0.4, 0.5) is 4.39 Å². The monoisotopic (exact) mass is 270 g/mol. The van der Waals surface area contributed by atoms with Gasteiger partial charge in [0, 0.05) is 23.7 Å². The van der Waals surface area contributed by atoms with Crippen LogP contribution in [-0.2, 0) is 0 Å². The molecule has 0 aromatic heterocycles. The van der Waals surface area contributed by atoms with Gasteiger partial charge >= 0.3 is 0 Å². The molecule has 0 spiro atoms. The molecule has 1 unspecified atom stereocenters. The smallest absolute Gasteiger partial charge is 0.125 e. The first-order valence-corrected chi connectivity index (χ1v) is 6.95. The minimum absolute atomic E-state index is 0.0747. The zero-order valence-corrected chi connectivity index (χ0v) is 11.5. The van der Waals surface area contributed by atoms with Gasteiger partial charge in [-0.3, -0.25) is 4.90 Å². The van der Waals surface area contributed by atoms with Gasteiger partial charge in [-0.15, -0.1) is 0 Å². The summed E-state index contributed by atoms with van der Waals surface area (Å²) in [5.74, 6) is -0.289. The molecule has 1 aliphatic carbocycles. The van der Waals surface area contributed by atoms with Crippen molar-refractivity contribution < 1.29 is 4.39 Å². The van der Waals surface area contributed by atoms with Gasteiger partial charge in [-0.2, -0.15) is 0 Å². The second-order valence-electron chi connectivity index (χ2n) is 4.92. The van der Waals surface area contributed by atoms with Gasteiger partial charge in [0.05, 0.1) is 0 Å². The van der Waals surface area contributed by atoms with Gasteiger partial charge in [-0.1, -0.05) is 18.5 Å². The number of nitrogens with two attached hydrogens (primary N) is 1. The standard InChI is InChI=1S/C14H20ClFN2/c1-2-5-18(13-3-4-13)14(9-17)10-6-11(15)8-12(16)7-10/h6-8,13-14H,2-5,9,17H2,1H3. The van der Waals surface area contributed by atoms with Crippen LogP contribution in [0.1, 0.15) is 37.8 Å². The highest BCUT2D eigenvalue weighted by Gasteiger charge is 2.33. The first-order valence-electron chi connectivity index (χ1n) is 6.57. The van der Waals surface area contributed by atoms with E-state index in [1.165, 1.54) is 18.9 Å². The summed E-state index contributed by atoms with van der Waals surface area (Å²) in [6.45, 7) is 3.65. The number of rotatable bonds is 6. The predicted molar refractivity (Wildman–Crippen MR) is 73.2 cm³/mol. The molecule has 1 aromatic rings. The maximum atomic E-state index is 13.4. The Morgan fingerprint density at radius 3 is 2.67 bits per heavy atom. The molecule has 2 rings (SSSR count). The fourth-order valence-corrected chi connectivity index (χ4v) is 2.72. The van der Waals surface area contributed by atoms with Gasteiger partial charge in [0.2, 0.25) is 0 Å². The van der Waals surface area contributed by atoms with E-state index >= 15 is 0 Å². The Kier molecular flexibility index (Phi) is 4.60. The molecule has 2 nitrogen and oxygen atoms in total. The van der Waals surface area contributed by atoms with Crippen LogP contribution in [0.2, 0.25) is 5.02 Å². The van der Waals surface area contributed by atoms with Crippen LogP contribution in [0.5, 0.6) is 0 Å². The fraction of sp³-hybridized carbons (Fsp3) is 0.571. The molecule has 1 saturated carbocycles. The number of halogens is 2. The van der Waals surface area contributed by atoms with Gasteiger partial charge in [0.15, 0.2) is 0 Å². The summed E-state index contributed by atoms with van der Waals surface area (Å²) in [5.41, 5.74) is 6.79. The molecule has 0 aliphatic heterocycles. The van der Waals surface area contributed by atoms with Crippen molar-refractivity contribution >= 4 is 11.6 Å². The molecule has 4 heteroatoms. The number of benzene rings is 1. The number of nitrogens with zero attached hydrogens (tertiary/aromatic N) is 1. The molecule has 0 bridgehead atoms. The maximum Gasteiger partial charge on any atom is 0.125 e. The van der Waals surface area contributed by atoms with Crippen molar-refractivity contribution in [3.63, 3.8) is 0 Å². The van der Waals surface area contributed by atoms with Gasteiger partial charge < -0.3 is 5.73 Å². The van der Waals surface area contributed by atoms with Crippen molar-refractivity contribution in [3.8, 4) is 0 Å². The van der Waals surface area contributed by atoms with E-state index in [2.05, 4.69) is 11.8 Å². The molecule has 1 aromatic carbocycles. The molecule has 1 atom stereocenters. The van der Waals surface area contributed by atoms with E-state index in [1.54, 1.807) is 6.07 Å². The Balaban J connectivity index is 2.24. The van der Waals surface area contributed by atoms with Gasteiger partial charge in [0.1, 0.15) is 5.82 Å². The molecule has 1 fully saturated rings. The van der Waals surface area contributed by atoms with E-state index in [1.807, 2.05) is 6.07 Å². The summed E-state index contributed by atoms with van der Waals surface area (Å²) in [4.78, 5) is 2.39. The van der Waals surface area contributed by atoms with Crippen LogP contribution < -0.4 is 5.73 Å². The third-order valence-corrected chi connectivity index (χ3v) is 3.61. The van der Waals surface area contributed by atoms with Crippen LogP contribution >= 0.6 is 11.6 Å². The normalized spacial score (nSPS) is 17.2. The van der Waals surface area contributed by atoms with Crippen molar-refractivity contribution in [1.82, 2.24) is 4.90 Å². The molecule has 0 heterocycles. The zero-order valence-electron chi connectivity index (χ0n) is 10.7. The SMILES string of the molecule is CCCN(C1CC1)C(CN)c1cc(F)cc(Cl)c1. The average Bonchev–Trinajstić information content (AvgIpc) is 3.11. The summed E-state index contributed by atoms with van der Waals surface area (Å²) in [7, 11) is 0. The zero-order chi connectivity index (χ0) is 13.1. The third-order valence-electron chi connectivity index (χ3n) is 3.39. The van der Waals surface area contributed by atoms with Crippen molar-refractivity contribution in [2.24, 2.45) is 5.73 Å². The summed E-state index contributed by atoms with van der Waals surface area (Å²) < 4.78 is 13.4. The Bertz CT molecular complexity index is 387. The number of hydrogen-bond acceptors (Lipinski definition) is 2. The van der Waals surface area contributed by atoms with E-state index in [0.29, 0.717) is 17.6 Å². The number of hydrogen-bond donors (Lipinski definition) is 1. The summed E-state index contributed by atoms with van der Waals surface area (Å²) >= 11 is 5.93. The van der Waals surface area contributed by atoms with E-state index in [0.717, 1.165) is 18.5 Å². The van der Waals surface area contributed by atoms with Gasteiger partial charge in [-0.05, 0) is 49.6 Å². The van der Waals surface area contributed by atoms with Crippen molar-refractivity contribution in [2.75, 3.05) is 13.1 Å². The first kappa shape index (κ1) is 13.8. The van der Waals surface area contributed by atoms with Crippen LogP contribution in [0.3, 0.4) is 0 Å². The Morgan fingerprint density at radius 1 is 1.44 bits per heavy atom. The summed E-state index contributed by atoms with van der Waals surface area (Å²) in [5, 5.41) is 0.440. The first-order chi connectivity index (χ1) is 8.65. The Labute approximate surface area is 113 Å². The van der Waals surface area contributed by atoms with Gasteiger partial charge in [0.25, 0.3) is 0 Å². The molecular formula is C14H20ClFN2.